The molecule has 158 valence electrons. The van der Waals surface area contributed by atoms with E-state index in [0.29, 0.717) is 12.3 Å². The van der Waals surface area contributed by atoms with Gasteiger partial charge >= 0.3 is 0 Å². The van der Waals surface area contributed by atoms with Crippen LogP contribution in [0.25, 0.3) is 5.78 Å². The van der Waals surface area contributed by atoms with E-state index in [0.717, 1.165) is 29.1 Å². The highest BCUT2D eigenvalue weighted by Crippen LogP contribution is 2.16. The number of nitrogens with two attached hydrogens (primary N) is 1. The van der Waals surface area contributed by atoms with Crippen LogP contribution in [0.15, 0.2) is 24.3 Å². The van der Waals surface area contributed by atoms with E-state index in [4.69, 9.17) is 5.73 Å². The molecule has 1 aliphatic rings. The van der Waals surface area contributed by atoms with E-state index in [9.17, 15) is 4.79 Å². The van der Waals surface area contributed by atoms with Gasteiger partial charge in [-0.1, -0.05) is 30.7 Å². The van der Waals surface area contributed by atoms with Crippen molar-refractivity contribution in [2.75, 3.05) is 18.8 Å². The Balaban J connectivity index is 1.34. The number of nitrogens with zero attached hydrogens (tertiary/aromatic N) is 5. The number of hydrogen-bond acceptors (Lipinski definition) is 6. The van der Waals surface area contributed by atoms with Gasteiger partial charge in [0.2, 0.25) is 11.9 Å². The van der Waals surface area contributed by atoms with Crippen LogP contribution >= 0.6 is 0 Å². The topological polar surface area (TPSA) is 101 Å². The zero-order valence-electron chi connectivity index (χ0n) is 17.7. The Hall–Kier alpha value is -3.00. The fourth-order valence-electron chi connectivity index (χ4n) is 4.04. The summed E-state index contributed by atoms with van der Waals surface area (Å²) in [6.07, 6.45) is 4.20. The molecule has 0 unspecified atom stereocenters. The molecule has 0 aliphatic carbocycles. The quantitative estimate of drug-likeness (QED) is 0.649. The van der Waals surface area contributed by atoms with Crippen molar-refractivity contribution < 1.29 is 4.79 Å². The molecule has 1 saturated heterocycles. The zero-order chi connectivity index (χ0) is 21.1. The lowest BCUT2D eigenvalue weighted by Crippen LogP contribution is -2.29. The molecule has 1 amide bonds. The zero-order valence-corrected chi connectivity index (χ0v) is 17.7. The van der Waals surface area contributed by atoms with E-state index in [1.807, 2.05) is 13.8 Å². The van der Waals surface area contributed by atoms with E-state index >= 15 is 0 Å². The van der Waals surface area contributed by atoms with Crippen LogP contribution in [-0.2, 0) is 24.3 Å². The SMILES string of the molecule is Cc1nc2nc(N)nn2c(C)c1CC(=O)NCc1ccc(CN2CCCCC2)cc1. The van der Waals surface area contributed by atoms with Gasteiger partial charge in [0.15, 0.2) is 0 Å². The van der Waals surface area contributed by atoms with Crippen molar-refractivity contribution in [2.24, 2.45) is 0 Å². The summed E-state index contributed by atoms with van der Waals surface area (Å²) in [6, 6.07) is 8.53. The number of anilines is 1. The minimum atomic E-state index is -0.0483. The predicted octanol–water partition coefficient (Wildman–Crippen LogP) is 2.17. The molecule has 30 heavy (non-hydrogen) atoms. The molecular weight excluding hydrogens is 378 g/mol. The highest BCUT2D eigenvalue weighted by atomic mass is 16.1. The second-order valence-electron chi connectivity index (χ2n) is 8.05. The van der Waals surface area contributed by atoms with E-state index < -0.39 is 0 Å². The summed E-state index contributed by atoms with van der Waals surface area (Å²) in [7, 11) is 0. The van der Waals surface area contributed by atoms with Gasteiger partial charge in [0.25, 0.3) is 5.78 Å². The summed E-state index contributed by atoms with van der Waals surface area (Å²) in [4.78, 5) is 23.6. The highest BCUT2D eigenvalue weighted by molar-refractivity contribution is 5.79. The van der Waals surface area contributed by atoms with Crippen molar-refractivity contribution in [3.63, 3.8) is 0 Å². The molecule has 0 spiro atoms. The predicted molar refractivity (Wildman–Crippen MR) is 116 cm³/mol. The first-order valence-corrected chi connectivity index (χ1v) is 10.5. The standard InChI is InChI=1S/C22H29N7O/c1-15-19(16(2)29-22(25-15)26-21(23)27-29)12-20(30)24-13-17-6-8-18(9-7-17)14-28-10-4-3-5-11-28/h6-9H,3-5,10-14H2,1-2H3,(H2,23,27)(H,24,30). The van der Waals surface area contributed by atoms with Gasteiger partial charge in [0.05, 0.1) is 6.42 Å². The lowest BCUT2D eigenvalue weighted by molar-refractivity contribution is -0.120. The van der Waals surface area contributed by atoms with E-state index in [-0.39, 0.29) is 18.3 Å². The summed E-state index contributed by atoms with van der Waals surface area (Å²) in [5, 5.41) is 7.16. The summed E-state index contributed by atoms with van der Waals surface area (Å²) < 4.78 is 1.59. The van der Waals surface area contributed by atoms with Gasteiger partial charge in [-0.05, 0) is 50.9 Å². The number of benzene rings is 1. The third-order valence-electron chi connectivity index (χ3n) is 5.77. The van der Waals surface area contributed by atoms with Crippen LogP contribution in [0.2, 0.25) is 0 Å². The largest absolute Gasteiger partial charge is 0.366 e. The van der Waals surface area contributed by atoms with E-state index in [1.165, 1.54) is 37.9 Å². The molecular formula is C22H29N7O. The molecule has 8 nitrogen and oxygen atoms in total. The molecule has 2 aromatic heterocycles. The third kappa shape index (κ3) is 4.59. The molecule has 1 aromatic carbocycles. The third-order valence-corrected chi connectivity index (χ3v) is 5.77. The molecule has 4 rings (SSSR count). The number of carbonyl (C=O) groups is 1. The monoisotopic (exact) mass is 407 g/mol. The Labute approximate surface area is 176 Å². The lowest BCUT2D eigenvalue weighted by Gasteiger charge is -2.26. The summed E-state index contributed by atoms with van der Waals surface area (Å²) in [5.74, 6) is 0.583. The van der Waals surface area contributed by atoms with Crippen LogP contribution in [0.4, 0.5) is 5.95 Å². The van der Waals surface area contributed by atoms with E-state index in [2.05, 4.69) is 49.5 Å². The minimum absolute atomic E-state index is 0.0483. The highest BCUT2D eigenvalue weighted by Gasteiger charge is 2.15. The number of piperidine rings is 1. The molecule has 3 heterocycles. The van der Waals surface area contributed by atoms with Gasteiger partial charge in [-0.2, -0.15) is 9.50 Å². The van der Waals surface area contributed by atoms with Gasteiger partial charge in [0, 0.05) is 30.0 Å². The number of aryl methyl sites for hydroxylation is 2. The van der Waals surface area contributed by atoms with Gasteiger partial charge in [0.1, 0.15) is 0 Å². The molecule has 0 atom stereocenters. The van der Waals surface area contributed by atoms with Gasteiger partial charge in [-0.3, -0.25) is 9.69 Å². The number of nitrogens with one attached hydrogen (secondary N) is 1. The molecule has 0 saturated carbocycles. The number of likely N-dealkylation sites (tertiary alicyclic amines) is 1. The fraction of sp³-hybridized carbons (Fsp3) is 0.455. The number of rotatable bonds is 6. The summed E-state index contributed by atoms with van der Waals surface area (Å²) >= 11 is 0. The van der Waals surface area contributed by atoms with Crippen molar-refractivity contribution in [1.29, 1.82) is 0 Å². The maximum Gasteiger partial charge on any atom is 0.254 e. The Kier molecular flexibility index (Phi) is 5.94. The number of fused-ring (bicyclic) bond motifs is 1. The van der Waals surface area contributed by atoms with Crippen LogP contribution in [0.5, 0.6) is 0 Å². The first kappa shape index (κ1) is 20.3. The van der Waals surface area contributed by atoms with E-state index in [1.54, 1.807) is 4.52 Å². The fourth-order valence-corrected chi connectivity index (χ4v) is 4.04. The maximum atomic E-state index is 12.5. The lowest BCUT2D eigenvalue weighted by atomic mass is 10.1. The van der Waals surface area contributed by atoms with Gasteiger partial charge < -0.3 is 11.1 Å². The number of amides is 1. The van der Waals surface area contributed by atoms with Crippen LogP contribution in [0, 0.1) is 13.8 Å². The number of carbonyl (C=O) groups excluding carboxylic acids is 1. The maximum absolute atomic E-state index is 12.5. The molecule has 3 aromatic rings. The summed E-state index contributed by atoms with van der Waals surface area (Å²) in [5.41, 5.74) is 10.5. The average molecular weight is 408 g/mol. The Morgan fingerprint density at radius 3 is 2.50 bits per heavy atom. The smallest absolute Gasteiger partial charge is 0.254 e. The van der Waals surface area contributed by atoms with Gasteiger partial charge in [-0.15, -0.1) is 5.10 Å². The van der Waals surface area contributed by atoms with Crippen molar-refractivity contribution in [3.05, 3.63) is 52.3 Å². The molecule has 8 heteroatoms. The first-order chi connectivity index (χ1) is 14.5. The first-order valence-electron chi connectivity index (χ1n) is 10.5. The number of aromatic nitrogens is 4. The summed E-state index contributed by atoms with van der Waals surface area (Å²) in [6.45, 7) is 7.68. The molecule has 1 aliphatic heterocycles. The number of nitrogen functional groups attached to an aromatic ring is 1. The Bertz CT molecular complexity index is 1040. The Morgan fingerprint density at radius 2 is 1.77 bits per heavy atom. The molecule has 0 radical (unpaired) electrons. The molecule has 0 bridgehead atoms. The van der Waals surface area contributed by atoms with Crippen molar-refractivity contribution in [2.45, 2.75) is 52.6 Å². The van der Waals surface area contributed by atoms with Crippen LogP contribution in [0.3, 0.4) is 0 Å². The average Bonchev–Trinajstić information content (AvgIpc) is 3.11. The van der Waals surface area contributed by atoms with Gasteiger partial charge in [-0.25, -0.2) is 4.98 Å². The Morgan fingerprint density at radius 1 is 1.07 bits per heavy atom. The second-order valence-corrected chi connectivity index (χ2v) is 8.05. The molecule has 3 N–H and O–H groups in total. The second kappa shape index (κ2) is 8.79. The van der Waals surface area contributed by atoms with Crippen molar-refractivity contribution >= 4 is 17.6 Å². The van der Waals surface area contributed by atoms with Crippen LogP contribution in [0.1, 0.15) is 47.3 Å². The number of hydrogen-bond donors (Lipinski definition) is 2. The van der Waals surface area contributed by atoms with Crippen molar-refractivity contribution in [1.82, 2.24) is 29.8 Å². The van der Waals surface area contributed by atoms with Crippen LogP contribution in [-0.4, -0.2) is 43.5 Å². The minimum Gasteiger partial charge on any atom is -0.366 e. The van der Waals surface area contributed by atoms with Crippen molar-refractivity contribution in [3.8, 4) is 0 Å². The molecule has 1 fully saturated rings. The van der Waals surface area contributed by atoms with Crippen LogP contribution < -0.4 is 11.1 Å². The normalized spacial score (nSPS) is 14.9.